The van der Waals surface area contributed by atoms with Gasteiger partial charge in [-0.2, -0.15) is 0 Å². The van der Waals surface area contributed by atoms with E-state index in [0.717, 1.165) is 21.1 Å². The van der Waals surface area contributed by atoms with Gasteiger partial charge < -0.3 is 5.32 Å². The van der Waals surface area contributed by atoms with Crippen molar-refractivity contribution in [3.63, 3.8) is 0 Å². The smallest absolute Gasteiger partial charge is 0.263 e. The average Bonchev–Trinajstić information content (AvgIpc) is 3.17. The first-order valence-electron chi connectivity index (χ1n) is 7.02. The second-order valence-corrected chi connectivity index (χ2v) is 6.96. The van der Waals surface area contributed by atoms with Crippen LogP contribution in [0, 0.1) is 6.92 Å². The van der Waals surface area contributed by atoms with Crippen molar-refractivity contribution in [3.05, 3.63) is 64.0 Å². The van der Waals surface area contributed by atoms with Crippen LogP contribution < -0.4 is 5.32 Å². The Morgan fingerprint density at radius 2 is 1.95 bits per heavy atom. The first-order valence-corrected chi connectivity index (χ1v) is 8.72. The average molecular weight is 328 g/mol. The molecule has 22 heavy (non-hydrogen) atoms. The summed E-state index contributed by atoms with van der Waals surface area (Å²) in [6, 6.07) is 13.9. The number of carbonyl (C=O) groups is 1. The maximum absolute atomic E-state index is 12.5. The Kier molecular flexibility index (Phi) is 4.36. The third kappa shape index (κ3) is 3.10. The second-order valence-electron chi connectivity index (χ2n) is 5.02. The van der Waals surface area contributed by atoms with Gasteiger partial charge in [0.1, 0.15) is 9.88 Å². The highest BCUT2D eigenvalue weighted by atomic mass is 32.1. The molecule has 1 aromatic carbocycles. The Morgan fingerprint density at radius 3 is 2.64 bits per heavy atom. The van der Waals surface area contributed by atoms with Crippen molar-refractivity contribution in [2.45, 2.75) is 19.9 Å². The Hall–Kier alpha value is -1.98. The van der Waals surface area contributed by atoms with Gasteiger partial charge in [-0.25, -0.2) is 4.98 Å². The first-order chi connectivity index (χ1) is 10.6. The third-order valence-corrected chi connectivity index (χ3v) is 5.58. The predicted molar refractivity (Wildman–Crippen MR) is 92.5 cm³/mol. The molecule has 0 aliphatic rings. The van der Waals surface area contributed by atoms with Crippen LogP contribution in [-0.4, -0.2) is 10.9 Å². The summed E-state index contributed by atoms with van der Waals surface area (Å²) in [6.07, 6.45) is 0. The van der Waals surface area contributed by atoms with Crippen molar-refractivity contribution >= 4 is 28.6 Å². The molecule has 1 atom stereocenters. The Morgan fingerprint density at radius 1 is 1.18 bits per heavy atom. The largest absolute Gasteiger partial charge is 0.345 e. The van der Waals surface area contributed by atoms with Crippen LogP contribution in [0.5, 0.6) is 0 Å². The minimum Gasteiger partial charge on any atom is -0.345 e. The zero-order valence-electron chi connectivity index (χ0n) is 12.4. The summed E-state index contributed by atoms with van der Waals surface area (Å²) in [5.41, 5.74) is 1.88. The van der Waals surface area contributed by atoms with E-state index < -0.39 is 0 Å². The number of nitrogens with one attached hydrogen (secondary N) is 1. The molecule has 3 nitrogen and oxygen atoms in total. The summed E-state index contributed by atoms with van der Waals surface area (Å²) < 4.78 is 0. The van der Waals surface area contributed by atoms with Crippen LogP contribution in [0.1, 0.15) is 33.9 Å². The molecule has 0 radical (unpaired) electrons. The van der Waals surface area contributed by atoms with E-state index in [1.807, 2.05) is 61.7 Å². The number of thiophene rings is 1. The van der Waals surface area contributed by atoms with Crippen LogP contribution in [0.4, 0.5) is 0 Å². The number of amides is 1. The van der Waals surface area contributed by atoms with E-state index in [0.29, 0.717) is 4.88 Å². The van der Waals surface area contributed by atoms with E-state index in [-0.39, 0.29) is 11.9 Å². The Balaban J connectivity index is 1.78. The number of rotatable bonds is 4. The summed E-state index contributed by atoms with van der Waals surface area (Å²) in [5, 5.41) is 5.97. The molecule has 0 unspecified atom stereocenters. The standard InChI is InChI=1S/C17H16N2OS2/c1-11(13-7-4-3-5-8-13)18-16(20)15-12(2)19-17(22-15)14-9-6-10-21-14/h3-11H,1-2H3,(H,18,20)/t11-/m0/s1. The molecule has 3 rings (SSSR count). The maximum Gasteiger partial charge on any atom is 0.263 e. The zero-order valence-corrected chi connectivity index (χ0v) is 14.0. The van der Waals surface area contributed by atoms with Gasteiger partial charge in [0.05, 0.1) is 16.6 Å². The SMILES string of the molecule is Cc1nc(-c2cccs2)sc1C(=O)N[C@@H](C)c1ccccc1. The molecule has 1 amide bonds. The van der Waals surface area contributed by atoms with E-state index in [1.54, 1.807) is 11.3 Å². The summed E-state index contributed by atoms with van der Waals surface area (Å²) in [6.45, 7) is 3.87. The molecule has 0 aliphatic carbocycles. The highest BCUT2D eigenvalue weighted by Gasteiger charge is 2.18. The minimum absolute atomic E-state index is 0.0274. The lowest BCUT2D eigenvalue weighted by atomic mass is 10.1. The van der Waals surface area contributed by atoms with E-state index in [1.165, 1.54) is 11.3 Å². The van der Waals surface area contributed by atoms with Crippen molar-refractivity contribution in [1.29, 1.82) is 0 Å². The quantitative estimate of drug-likeness (QED) is 0.756. The molecule has 2 aromatic heterocycles. The minimum atomic E-state index is -0.0610. The monoisotopic (exact) mass is 328 g/mol. The van der Waals surface area contributed by atoms with E-state index in [9.17, 15) is 4.79 Å². The van der Waals surface area contributed by atoms with Gasteiger partial charge in [0.2, 0.25) is 0 Å². The molecule has 1 N–H and O–H groups in total. The van der Waals surface area contributed by atoms with Gasteiger partial charge in [-0.05, 0) is 30.9 Å². The van der Waals surface area contributed by atoms with Crippen LogP contribution in [0.3, 0.4) is 0 Å². The topological polar surface area (TPSA) is 42.0 Å². The van der Waals surface area contributed by atoms with Gasteiger partial charge in [0, 0.05) is 0 Å². The number of nitrogens with zero attached hydrogens (tertiary/aromatic N) is 1. The molecule has 2 heterocycles. The number of benzene rings is 1. The fourth-order valence-corrected chi connectivity index (χ4v) is 3.97. The molecule has 0 spiro atoms. The molecule has 0 bridgehead atoms. The number of aromatic nitrogens is 1. The first kappa shape index (κ1) is 14.9. The normalized spacial score (nSPS) is 12.1. The fourth-order valence-electron chi connectivity index (χ4n) is 2.20. The van der Waals surface area contributed by atoms with Crippen molar-refractivity contribution in [3.8, 4) is 9.88 Å². The summed E-state index contributed by atoms with van der Waals surface area (Å²) in [4.78, 5) is 18.8. The molecule has 112 valence electrons. The lowest BCUT2D eigenvalue weighted by Crippen LogP contribution is -2.26. The predicted octanol–water partition coefficient (Wildman–Crippen LogP) is 4.67. The van der Waals surface area contributed by atoms with Gasteiger partial charge in [0.25, 0.3) is 5.91 Å². The summed E-state index contributed by atoms with van der Waals surface area (Å²) in [7, 11) is 0. The number of thiazole rings is 1. The van der Waals surface area contributed by atoms with Gasteiger partial charge >= 0.3 is 0 Å². The number of hydrogen-bond acceptors (Lipinski definition) is 4. The van der Waals surface area contributed by atoms with E-state index in [2.05, 4.69) is 10.3 Å². The number of carbonyl (C=O) groups excluding carboxylic acids is 1. The highest BCUT2D eigenvalue weighted by molar-refractivity contribution is 7.22. The van der Waals surface area contributed by atoms with Gasteiger partial charge in [0.15, 0.2) is 0 Å². The molecule has 5 heteroatoms. The third-order valence-electron chi connectivity index (χ3n) is 3.38. The molecule has 0 fully saturated rings. The maximum atomic E-state index is 12.5. The van der Waals surface area contributed by atoms with Crippen molar-refractivity contribution in [1.82, 2.24) is 10.3 Å². The summed E-state index contributed by atoms with van der Waals surface area (Å²) >= 11 is 3.09. The molecular weight excluding hydrogens is 312 g/mol. The van der Waals surface area contributed by atoms with Crippen LogP contribution in [-0.2, 0) is 0 Å². The van der Waals surface area contributed by atoms with Crippen LogP contribution in [0.15, 0.2) is 47.8 Å². The Labute approximate surface area is 137 Å². The van der Waals surface area contributed by atoms with Crippen molar-refractivity contribution in [2.24, 2.45) is 0 Å². The lowest BCUT2D eigenvalue weighted by molar-refractivity contribution is 0.0943. The van der Waals surface area contributed by atoms with Crippen LogP contribution in [0.2, 0.25) is 0 Å². The van der Waals surface area contributed by atoms with E-state index >= 15 is 0 Å². The lowest BCUT2D eigenvalue weighted by Gasteiger charge is -2.13. The molecular formula is C17H16N2OS2. The summed E-state index contributed by atoms with van der Waals surface area (Å²) in [5.74, 6) is -0.0610. The molecule has 3 aromatic rings. The van der Waals surface area contributed by atoms with Crippen molar-refractivity contribution in [2.75, 3.05) is 0 Å². The van der Waals surface area contributed by atoms with Gasteiger partial charge in [-0.15, -0.1) is 22.7 Å². The van der Waals surface area contributed by atoms with Gasteiger partial charge in [-0.3, -0.25) is 4.79 Å². The molecule has 0 saturated carbocycles. The van der Waals surface area contributed by atoms with Crippen molar-refractivity contribution < 1.29 is 4.79 Å². The zero-order chi connectivity index (χ0) is 15.5. The number of hydrogen-bond donors (Lipinski definition) is 1. The van der Waals surface area contributed by atoms with Gasteiger partial charge in [-0.1, -0.05) is 36.4 Å². The van der Waals surface area contributed by atoms with E-state index in [4.69, 9.17) is 0 Å². The second kappa shape index (κ2) is 6.42. The molecule has 0 saturated heterocycles. The fraction of sp³-hybridized carbons (Fsp3) is 0.176. The molecule has 0 aliphatic heterocycles. The van der Waals surface area contributed by atoms with Crippen LogP contribution >= 0.6 is 22.7 Å². The Bertz CT molecular complexity index is 763. The van der Waals surface area contributed by atoms with Crippen LogP contribution in [0.25, 0.3) is 9.88 Å². The highest BCUT2D eigenvalue weighted by Crippen LogP contribution is 2.31. The number of aryl methyl sites for hydroxylation is 1.